The van der Waals surface area contributed by atoms with Gasteiger partial charge in [-0.3, -0.25) is 4.79 Å². The molecule has 1 aliphatic heterocycles. The van der Waals surface area contributed by atoms with E-state index in [1.807, 2.05) is 30.3 Å². The van der Waals surface area contributed by atoms with Crippen LogP contribution in [0, 0.1) is 13.8 Å². The first-order valence-corrected chi connectivity index (χ1v) is 11.4. The predicted octanol–water partition coefficient (Wildman–Crippen LogP) is 2.29. The van der Waals surface area contributed by atoms with Crippen LogP contribution < -0.4 is 0 Å². The summed E-state index contributed by atoms with van der Waals surface area (Å²) in [6.45, 7) is 4.44. The molecule has 1 aromatic carbocycles. The highest BCUT2D eigenvalue weighted by Crippen LogP contribution is 2.24. The number of hydrogen-bond donors (Lipinski definition) is 0. The summed E-state index contributed by atoms with van der Waals surface area (Å²) in [5.41, 5.74) is 1.59. The van der Waals surface area contributed by atoms with Gasteiger partial charge in [-0.05, 0) is 20.3 Å². The molecule has 3 aromatic rings. The van der Waals surface area contributed by atoms with Crippen LogP contribution in [0.3, 0.4) is 0 Å². The van der Waals surface area contributed by atoms with Gasteiger partial charge < -0.3 is 9.42 Å². The van der Waals surface area contributed by atoms with Crippen molar-refractivity contribution in [1.82, 2.24) is 24.3 Å². The van der Waals surface area contributed by atoms with E-state index in [4.69, 9.17) is 4.52 Å². The van der Waals surface area contributed by atoms with E-state index in [2.05, 4.69) is 15.1 Å². The number of benzene rings is 1. The predicted molar refractivity (Wildman–Crippen MR) is 113 cm³/mol. The summed E-state index contributed by atoms with van der Waals surface area (Å²) in [7, 11) is -3.74. The standard InChI is InChI=1S/C21H23N5O4S/c1-15-19(16(2)30-24-15)31(28,29)26-10-6-9-25(11-12-26)21(27)18-13-22-20(23-14-18)17-7-4-3-5-8-17/h3-5,7-8,13-14H,6,9-12H2,1-2H3. The second-order valence-corrected chi connectivity index (χ2v) is 9.24. The number of hydrogen-bond acceptors (Lipinski definition) is 7. The van der Waals surface area contributed by atoms with Crippen LogP contribution in [0.5, 0.6) is 0 Å². The first-order chi connectivity index (χ1) is 14.9. The third kappa shape index (κ3) is 4.21. The van der Waals surface area contributed by atoms with E-state index in [-0.39, 0.29) is 29.7 Å². The monoisotopic (exact) mass is 441 g/mol. The third-order valence-corrected chi connectivity index (χ3v) is 7.38. The zero-order chi connectivity index (χ0) is 22.0. The Morgan fingerprint density at radius 3 is 2.35 bits per heavy atom. The zero-order valence-corrected chi connectivity index (χ0v) is 18.2. The van der Waals surface area contributed by atoms with E-state index in [0.29, 0.717) is 36.6 Å². The van der Waals surface area contributed by atoms with Crippen LogP contribution >= 0.6 is 0 Å². The Morgan fingerprint density at radius 2 is 1.71 bits per heavy atom. The van der Waals surface area contributed by atoms with Gasteiger partial charge in [0.2, 0.25) is 10.0 Å². The molecule has 0 saturated carbocycles. The van der Waals surface area contributed by atoms with E-state index in [9.17, 15) is 13.2 Å². The van der Waals surface area contributed by atoms with Crippen LogP contribution in [0.2, 0.25) is 0 Å². The lowest BCUT2D eigenvalue weighted by molar-refractivity contribution is 0.0763. The molecule has 0 spiro atoms. The molecule has 3 heterocycles. The molecule has 0 aliphatic carbocycles. The third-order valence-electron chi connectivity index (χ3n) is 5.24. The van der Waals surface area contributed by atoms with E-state index in [1.165, 1.54) is 16.7 Å². The van der Waals surface area contributed by atoms with Crippen molar-refractivity contribution in [1.29, 1.82) is 0 Å². The molecule has 0 atom stereocenters. The minimum Gasteiger partial charge on any atom is -0.360 e. The number of nitrogens with zero attached hydrogens (tertiary/aromatic N) is 5. The molecule has 0 N–H and O–H groups in total. The van der Waals surface area contributed by atoms with E-state index in [1.54, 1.807) is 18.7 Å². The first-order valence-electron chi connectivity index (χ1n) is 9.97. The molecule has 9 nitrogen and oxygen atoms in total. The molecule has 31 heavy (non-hydrogen) atoms. The van der Waals surface area contributed by atoms with Crippen LogP contribution in [0.4, 0.5) is 0 Å². The minimum atomic E-state index is -3.74. The quantitative estimate of drug-likeness (QED) is 0.611. The summed E-state index contributed by atoms with van der Waals surface area (Å²) in [6.07, 6.45) is 3.55. The van der Waals surface area contributed by atoms with Gasteiger partial charge in [0.1, 0.15) is 10.6 Å². The molecule has 1 aliphatic rings. The van der Waals surface area contributed by atoms with Gasteiger partial charge in [0.25, 0.3) is 5.91 Å². The van der Waals surface area contributed by atoms with Crippen LogP contribution in [0.25, 0.3) is 11.4 Å². The number of rotatable bonds is 4. The Labute approximate surface area is 180 Å². The lowest BCUT2D eigenvalue weighted by Gasteiger charge is -2.21. The van der Waals surface area contributed by atoms with Crippen molar-refractivity contribution >= 4 is 15.9 Å². The molecule has 162 valence electrons. The van der Waals surface area contributed by atoms with E-state index >= 15 is 0 Å². The largest absolute Gasteiger partial charge is 0.360 e. The fourth-order valence-corrected chi connectivity index (χ4v) is 5.43. The van der Waals surface area contributed by atoms with Crippen molar-refractivity contribution in [3.05, 3.63) is 59.7 Å². The molecular formula is C21H23N5O4S. The molecule has 0 unspecified atom stereocenters. The molecular weight excluding hydrogens is 418 g/mol. The van der Waals surface area contributed by atoms with E-state index < -0.39 is 10.0 Å². The Kier molecular flexibility index (Phi) is 5.84. The Morgan fingerprint density at radius 1 is 1.00 bits per heavy atom. The summed E-state index contributed by atoms with van der Waals surface area (Å²) >= 11 is 0. The van der Waals surface area contributed by atoms with Crippen molar-refractivity contribution < 1.29 is 17.7 Å². The van der Waals surface area contributed by atoms with Gasteiger partial charge in [-0.2, -0.15) is 4.31 Å². The average Bonchev–Trinajstić information content (AvgIpc) is 2.97. The molecule has 10 heteroatoms. The maximum absolute atomic E-state index is 13.1. The van der Waals surface area contributed by atoms with Gasteiger partial charge in [-0.1, -0.05) is 35.5 Å². The average molecular weight is 442 g/mol. The normalized spacial score (nSPS) is 15.6. The summed E-state index contributed by atoms with van der Waals surface area (Å²) in [5.74, 6) is 0.603. The topological polar surface area (TPSA) is 110 Å². The van der Waals surface area contributed by atoms with Crippen LogP contribution in [0.1, 0.15) is 28.2 Å². The summed E-state index contributed by atoms with van der Waals surface area (Å²) in [6, 6.07) is 9.52. The van der Waals surface area contributed by atoms with Gasteiger partial charge in [0.15, 0.2) is 11.6 Å². The highest BCUT2D eigenvalue weighted by molar-refractivity contribution is 7.89. The maximum Gasteiger partial charge on any atom is 0.257 e. The zero-order valence-electron chi connectivity index (χ0n) is 17.4. The fraction of sp³-hybridized carbons (Fsp3) is 0.333. The Hall–Kier alpha value is -3.11. The number of carbonyl (C=O) groups is 1. The second-order valence-electron chi connectivity index (χ2n) is 7.36. The van der Waals surface area contributed by atoms with Crippen molar-refractivity contribution in [2.45, 2.75) is 25.2 Å². The Bertz CT molecular complexity index is 1160. The molecule has 0 radical (unpaired) electrons. The number of aryl methyl sites for hydroxylation is 2. The van der Waals surface area contributed by atoms with Crippen LogP contribution in [-0.4, -0.2) is 64.8 Å². The minimum absolute atomic E-state index is 0.108. The summed E-state index contributed by atoms with van der Waals surface area (Å²) in [4.78, 5) is 23.3. The van der Waals surface area contributed by atoms with Crippen molar-refractivity contribution in [3.8, 4) is 11.4 Å². The lowest BCUT2D eigenvalue weighted by atomic mass is 10.2. The van der Waals surface area contributed by atoms with Gasteiger partial charge in [-0.25, -0.2) is 18.4 Å². The maximum atomic E-state index is 13.1. The van der Waals surface area contributed by atoms with Gasteiger partial charge >= 0.3 is 0 Å². The lowest BCUT2D eigenvalue weighted by Crippen LogP contribution is -2.37. The van der Waals surface area contributed by atoms with Crippen molar-refractivity contribution in [2.24, 2.45) is 0 Å². The van der Waals surface area contributed by atoms with Gasteiger partial charge in [0, 0.05) is 44.1 Å². The highest BCUT2D eigenvalue weighted by atomic mass is 32.2. The van der Waals surface area contributed by atoms with Crippen LogP contribution in [0.15, 0.2) is 52.1 Å². The van der Waals surface area contributed by atoms with Gasteiger partial charge in [-0.15, -0.1) is 0 Å². The van der Waals surface area contributed by atoms with Crippen LogP contribution in [-0.2, 0) is 10.0 Å². The van der Waals surface area contributed by atoms with Crippen molar-refractivity contribution in [2.75, 3.05) is 26.2 Å². The molecule has 1 saturated heterocycles. The van der Waals surface area contributed by atoms with Gasteiger partial charge in [0.05, 0.1) is 5.56 Å². The smallest absolute Gasteiger partial charge is 0.257 e. The second kappa shape index (κ2) is 8.56. The fourth-order valence-electron chi connectivity index (χ4n) is 3.67. The van der Waals surface area contributed by atoms with Crippen molar-refractivity contribution in [3.63, 3.8) is 0 Å². The SMILES string of the molecule is Cc1noc(C)c1S(=O)(=O)N1CCCN(C(=O)c2cnc(-c3ccccc3)nc2)CC1. The molecule has 4 rings (SSSR count). The number of aromatic nitrogens is 3. The molecule has 2 aromatic heterocycles. The first kappa shape index (κ1) is 21.1. The number of amides is 1. The number of carbonyl (C=O) groups excluding carboxylic acids is 1. The summed E-state index contributed by atoms with van der Waals surface area (Å²) < 4.78 is 32.5. The highest BCUT2D eigenvalue weighted by Gasteiger charge is 2.33. The molecule has 1 amide bonds. The molecule has 1 fully saturated rings. The Balaban J connectivity index is 1.47. The summed E-state index contributed by atoms with van der Waals surface area (Å²) in [5, 5.41) is 3.75. The molecule has 0 bridgehead atoms. The van der Waals surface area contributed by atoms with E-state index in [0.717, 1.165) is 5.56 Å². The number of sulfonamides is 1.